The van der Waals surface area contributed by atoms with Crippen LogP contribution in [0.1, 0.15) is 12.8 Å². The minimum atomic E-state index is -3.89. The molecule has 22 heavy (non-hydrogen) atoms. The summed E-state index contributed by atoms with van der Waals surface area (Å²) in [4.78, 5) is 23.4. The van der Waals surface area contributed by atoms with Crippen LogP contribution in [-0.4, -0.2) is 45.8 Å². The molecule has 1 amide bonds. The number of hydrogen-bond donors (Lipinski definition) is 1. The Balaban J connectivity index is 2.67. The molecule has 0 fully saturated rings. The molecular formula is C13H20NO7P. The number of allylic oxidation sites excluding steroid dienone is 2. The summed E-state index contributed by atoms with van der Waals surface area (Å²) >= 11 is 0. The maximum atomic E-state index is 12.3. The monoisotopic (exact) mass is 333 g/mol. The molecule has 1 unspecified atom stereocenters. The first-order chi connectivity index (χ1) is 10.5. The van der Waals surface area contributed by atoms with E-state index in [9.17, 15) is 14.2 Å². The van der Waals surface area contributed by atoms with Gasteiger partial charge in [-0.2, -0.15) is 0 Å². The molecule has 1 N–H and O–H groups in total. The van der Waals surface area contributed by atoms with E-state index in [2.05, 4.69) is 10.1 Å². The molecule has 124 valence electrons. The number of ether oxygens (including phenoxy) is 2. The van der Waals surface area contributed by atoms with Gasteiger partial charge in [0.05, 0.1) is 7.11 Å². The van der Waals surface area contributed by atoms with Gasteiger partial charge in [0.15, 0.2) is 0 Å². The van der Waals surface area contributed by atoms with Crippen LogP contribution in [0.5, 0.6) is 0 Å². The van der Waals surface area contributed by atoms with E-state index in [1.807, 2.05) is 18.2 Å². The third kappa shape index (κ3) is 4.98. The Morgan fingerprint density at radius 1 is 1.27 bits per heavy atom. The van der Waals surface area contributed by atoms with Crippen LogP contribution in [-0.2, 0) is 27.9 Å². The van der Waals surface area contributed by atoms with Crippen molar-refractivity contribution in [2.75, 3.05) is 27.9 Å². The molecule has 0 saturated carbocycles. The molecule has 1 atom stereocenters. The maximum absolute atomic E-state index is 12.3. The summed E-state index contributed by atoms with van der Waals surface area (Å²) in [6.07, 6.45) is 6.67. The van der Waals surface area contributed by atoms with Crippen LogP contribution in [0.15, 0.2) is 23.8 Å². The predicted molar refractivity (Wildman–Crippen MR) is 78.4 cm³/mol. The number of esters is 1. The Hall–Kier alpha value is -1.63. The highest BCUT2D eigenvalue weighted by Crippen LogP contribution is 2.50. The van der Waals surface area contributed by atoms with E-state index in [1.54, 1.807) is 0 Å². The van der Waals surface area contributed by atoms with E-state index >= 15 is 0 Å². The Bertz CT molecular complexity index is 507. The van der Waals surface area contributed by atoms with Crippen LogP contribution in [0.25, 0.3) is 0 Å². The molecule has 0 aromatic heterocycles. The van der Waals surface area contributed by atoms with E-state index in [4.69, 9.17) is 13.8 Å². The van der Waals surface area contributed by atoms with Crippen molar-refractivity contribution in [2.24, 2.45) is 0 Å². The second-order valence-electron chi connectivity index (χ2n) is 4.31. The van der Waals surface area contributed by atoms with Crippen molar-refractivity contribution < 1.29 is 32.7 Å². The smallest absolute Gasteiger partial charge is 0.408 e. The third-order valence-corrected chi connectivity index (χ3v) is 4.94. The van der Waals surface area contributed by atoms with Crippen molar-refractivity contribution >= 4 is 19.7 Å². The van der Waals surface area contributed by atoms with Gasteiger partial charge in [-0.3, -0.25) is 9.88 Å². The first-order valence-electron chi connectivity index (χ1n) is 6.54. The summed E-state index contributed by atoms with van der Waals surface area (Å²) in [7, 11) is -0.592. The molecule has 0 spiro atoms. The van der Waals surface area contributed by atoms with Gasteiger partial charge in [0.1, 0.15) is 6.61 Å². The number of carbonyl (C=O) groups excluding carboxylic acids is 2. The van der Waals surface area contributed by atoms with Crippen LogP contribution in [0, 0.1) is 0 Å². The topological polar surface area (TPSA) is 100 Å². The van der Waals surface area contributed by atoms with Gasteiger partial charge in [0, 0.05) is 14.2 Å². The zero-order chi connectivity index (χ0) is 16.6. The summed E-state index contributed by atoms with van der Waals surface area (Å²) in [5, 5.41) is 2.15. The first kappa shape index (κ1) is 18.4. The van der Waals surface area contributed by atoms with E-state index in [1.165, 1.54) is 0 Å². The van der Waals surface area contributed by atoms with Crippen molar-refractivity contribution in [3.8, 4) is 0 Å². The highest BCUT2D eigenvalue weighted by Gasteiger charge is 2.42. The Morgan fingerprint density at radius 3 is 2.45 bits per heavy atom. The zero-order valence-corrected chi connectivity index (χ0v) is 13.6. The van der Waals surface area contributed by atoms with Crippen molar-refractivity contribution in [3.05, 3.63) is 23.8 Å². The molecule has 0 heterocycles. The van der Waals surface area contributed by atoms with Gasteiger partial charge in [0.25, 0.3) is 0 Å². The summed E-state index contributed by atoms with van der Waals surface area (Å²) in [5.74, 6) is -2.56. The normalized spacial score (nSPS) is 15.7. The number of nitrogens with one attached hydrogen (secondary N) is 1. The van der Waals surface area contributed by atoms with Gasteiger partial charge in [-0.15, -0.1) is 0 Å². The standard InChI is InChI=1S/C13H20NO7P/c1-18-12(15)11(22(17,19-2)20-3)14-13(16)21-9-10-7-5-4-6-8-10/h5,7-8,11H,4,6,9H2,1-3H3,(H,14,16). The summed E-state index contributed by atoms with van der Waals surface area (Å²) in [5.41, 5.74) is 0.845. The fraction of sp³-hybridized carbons (Fsp3) is 0.538. The van der Waals surface area contributed by atoms with Gasteiger partial charge in [-0.1, -0.05) is 18.2 Å². The lowest BCUT2D eigenvalue weighted by molar-refractivity contribution is -0.141. The largest absolute Gasteiger partial charge is 0.467 e. The molecule has 0 aromatic rings. The van der Waals surface area contributed by atoms with Gasteiger partial charge in [0.2, 0.25) is 5.78 Å². The van der Waals surface area contributed by atoms with Crippen LogP contribution in [0.4, 0.5) is 4.79 Å². The Morgan fingerprint density at radius 2 is 1.95 bits per heavy atom. The van der Waals surface area contributed by atoms with Crippen LogP contribution in [0.2, 0.25) is 0 Å². The Labute approximate surface area is 129 Å². The molecule has 1 aliphatic carbocycles. The average Bonchev–Trinajstić information content (AvgIpc) is 2.57. The number of methoxy groups -OCH3 is 1. The molecule has 0 bridgehead atoms. The number of carbonyl (C=O) groups is 2. The quantitative estimate of drug-likeness (QED) is 0.561. The van der Waals surface area contributed by atoms with E-state index in [-0.39, 0.29) is 6.61 Å². The van der Waals surface area contributed by atoms with Crippen molar-refractivity contribution in [2.45, 2.75) is 18.6 Å². The maximum Gasteiger partial charge on any atom is 0.408 e. The lowest BCUT2D eigenvalue weighted by Gasteiger charge is -2.22. The minimum absolute atomic E-state index is 0.0422. The molecular weight excluding hydrogens is 313 g/mol. The number of rotatable bonds is 7. The molecule has 0 saturated heterocycles. The number of hydrogen-bond acceptors (Lipinski definition) is 7. The minimum Gasteiger partial charge on any atom is -0.467 e. The van der Waals surface area contributed by atoms with Crippen LogP contribution >= 0.6 is 7.60 Å². The van der Waals surface area contributed by atoms with Gasteiger partial charge in [-0.05, 0) is 18.4 Å². The van der Waals surface area contributed by atoms with Crippen molar-refractivity contribution in [1.82, 2.24) is 5.32 Å². The second-order valence-corrected chi connectivity index (χ2v) is 6.64. The van der Waals surface area contributed by atoms with E-state index in [0.29, 0.717) is 0 Å². The lowest BCUT2D eigenvalue weighted by atomic mass is 10.1. The number of alkyl carbamates (subject to hydrolysis) is 1. The van der Waals surface area contributed by atoms with E-state index in [0.717, 1.165) is 39.7 Å². The third-order valence-electron chi connectivity index (χ3n) is 2.95. The average molecular weight is 333 g/mol. The van der Waals surface area contributed by atoms with Crippen molar-refractivity contribution in [3.63, 3.8) is 0 Å². The lowest BCUT2D eigenvalue weighted by Crippen LogP contribution is -2.42. The van der Waals surface area contributed by atoms with Crippen LogP contribution < -0.4 is 5.32 Å². The van der Waals surface area contributed by atoms with Gasteiger partial charge in [-0.25, -0.2) is 9.59 Å². The van der Waals surface area contributed by atoms with E-state index < -0.39 is 25.4 Å². The van der Waals surface area contributed by atoms with Crippen molar-refractivity contribution in [1.29, 1.82) is 0 Å². The Kier molecular flexibility index (Phi) is 7.31. The fourth-order valence-electron chi connectivity index (χ4n) is 1.74. The highest BCUT2D eigenvalue weighted by molar-refractivity contribution is 7.55. The van der Waals surface area contributed by atoms with Gasteiger partial charge >= 0.3 is 19.7 Å². The molecule has 0 radical (unpaired) electrons. The predicted octanol–water partition coefficient (Wildman–Crippen LogP) is 1.97. The van der Waals surface area contributed by atoms with Gasteiger partial charge < -0.3 is 18.5 Å². The number of amides is 1. The summed E-state index contributed by atoms with van der Waals surface area (Å²) < 4.78 is 31.1. The molecule has 8 nitrogen and oxygen atoms in total. The summed E-state index contributed by atoms with van der Waals surface area (Å²) in [6.45, 7) is 0.0422. The first-order valence-corrected chi connectivity index (χ1v) is 8.16. The molecule has 1 rings (SSSR count). The highest BCUT2D eigenvalue weighted by atomic mass is 31.2. The second kappa shape index (κ2) is 8.73. The molecule has 9 heteroatoms. The molecule has 0 aliphatic heterocycles. The zero-order valence-electron chi connectivity index (χ0n) is 12.7. The van der Waals surface area contributed by atoms with Crippen LogP contribution in [0.3, 0.4) is 0 Å². The molecule has 0 aromatic carbocycles. The summed E-state index contributed by atoms with van der Waals surface area (Å²) in [6, 6.07) is 0. The SMILES string of the molecule is COC(=O)C(NC(=O)OCC1=CCCC=C1)P(=O)(OC)OC. The fourth-order valence-corrected chi connectivity index (χ4v) is 2.94. The molecule has 1 aliphatic rings.